The van der Waals surface area contributed by atoms with E-state index in [9.17, 15) is 4.79 Å². The van der Waals surface area contributed by atoms with Gasteiger partial charge in [0.05, 0.1) is 12.8 Å². The highest BCUT2D eigenvalue weighted by Gasteiger charge is 2.19. The van der Waals surface area contributed by atoms with Gasteiger partial charge in [-0.25, -0.2) is 9.97 Å². The smallest absolute Gasteiger partial charge is 0.251 e. The highest BCUT2D eigenvalue weighted by molar-refractivity contribution is 7.98. The molecule has 0 spiro atoms. The van der Waals surface area contributed by atoms with Gasteiger partial charge in [-0.2, -0.15) is 0 Å². The van der Waals surface area contributed by atoms with Crippen LogP contribution in [0.4, 0.5) is 5.82 Å². The van der Waals surface area contributed by atoms with E-state index in [1.54, 1.807) is 18.4 Å². The van der Waals surface area contributed by atoms with Crippen molar-refractivity contribution in [1.29, 1.82) is 0 Å². The number of aromatic nitrogens is 2. The van der Waals surface area contributed by atoms with E-state index in [1.165, 1.54) is 17.3 Å². The maximum absolute atomic E-state index is 12.5. The summed E-state index contributed by atoms with van der Waals surface area (Å²) in [6.07, 6.45) is 1.59. The number of nitrogens with one attached hydrogen (secondary N) is 1. The molecule has 3 heterocycles. The second-order valence-corrected chi connectivity index (χ2v) is 10.2. The Kier molecular flexibility index (Phi) is 8.40. The molecule has 0 unspecified atom stereocenters. The van der Waals surface area contributed by atoms with E-state index in [0.29, 0.717) is 33.9 Å². The van der Waals surface area contributed by atoms with Gasteiger partial charge in [0.2, 0.25) is 0 Å². The van der Waals surface area contributed by atoms with Crippen LogP contribution in [0.3, 0.4) is 0 Å². The maximum Gasteiger partial charge on any atom is 0.251 e. The Bertz CT molecular complexity index is 1310. The van der Waals surface area contributed by atoms with Crippen LogP contribution in [0.5, 0.6) is 0 Å². The molecule has 0 radical (unpaired) electrons. The first-order valence-corrected chi connectivity index (χ1v) is 13.6. The van der Waals surface area contributed by atoms with Crippen LogP contribution < -0.4 is 10.2 Å². The Hall–Kier alpha value is -3.33. The summed E-state index contributed by atoms with van der Waals surface area (Å²) >= 11 is 7.88. The van der Waals surface area contributed by atoms with Crippen LogP contribution in [0.15, 0.2) is 88.6 Å². The van der Waals surface area contributed by atoms with E-state index in [4.69, 9.17) is 21.0 Å². The normalized spacial score (nSPS) is 14.0. The fraction of sp³-hybridized carbons (Fsp3) is 0.250. The van der Waals surface area contributed by atoms with Crippen LogP contribution in [0.1, 0.15) is 27.2 Å². The summed E-state index contributed by atoms with van der Waals surface area (Å²) < 4.78 is 5.27. The number of benzene rings is 2. The first-order chi connectivity index (χ1) is 18.1. The van der Waals surface area contributed by atoms with E-state index in [1.807, 2.05) is 36.4 Å². The lowest BCUT2D eigenvalue weighted by molar-refractivity contribution is 0.0948. The Morgan fingerprint density at radius 1 is 0.946 bits per heavy atom. The third-order valence-corrected chi connectivity index (χ3v) is 7.28. The number of hydrogen-bond acceptors (Lipinski definition) is 7. The number of anilines is 1. The largest absolute Gasteiger partial charge is 0.467 e. The molecule has 2 aromatic heterocycles. The Morgan fingerprint density at radius 2 is 1.76 bits per heavy atom. The van der Waals surface area contributed by atoms with Crippen LogP contribution in [-0.4, -0.2) is 47.0 Å². The number of piperazine rings is 1. The molecular weight excluding hydrogens is 506 g/mol. The Morgan fingerprint density at radius 3 is 2.54 bits per heavy atom. The topological polar surface area (TPSA) is 74.5 Å². The predicted molar refractivity (Wildman–Crippen MR) is 147 cm³/mol. The van der Waals surface area contributed by atoms with Gasteiger partial charge in [-0.3, -0.25) is 9.69 Å². The van der Waals surface area contributed by atoms with Crippen molar-refractivity contribution in [2.45, 2.75) is 24.0 Å². The Balaban J connectivity index is 1.16. The first kappa shape index (κ1) is 25.3. The van der Waals surface area contributed by atoms with Crippen LogP contribution in [0.2, 0.25) is 5.15 Å². The van der Waals surface area contributed by atoms with Crippen molar-refractivity contribution in [1.82, 2.24) is 20.2 Å². The number of amides is 1. The van der Waals surface area contributed by atoms with E-state index in [2.05, 4.69) is 44.4 Å². The molecule has 0 aliphatic carbocycles. The fourth-order valence-electron chi connectivity index (χ4n) is 4.22. The molecule has 1 amide bonds. The number of rotatable bonds is 9. The molecule has 0 saturated carbocycles. The summed E-state index contributed by atoms with van der Waals surface area (Å²) in [5, 5.41) is 3.94. The summed E-state index contributed by atoms with van der Waals surface area (Å²) in [4.78, 5) is 26.5. The molecule has 1 fully saturated rings. The van der Waals surface area contributed by atoms with E-state index in [-0.39, 0.29) is 5.91 Å². The molecule has 0 bridgehead atoms. The molecule has 9 heteroatoms. The molecule has 190 valence electrons. The molecule has 4 aromatic rings. The molecule has 1 aliphatic rings. The van der Waals surface area contributed by atoms with E-state index < -0.39 is 0 Å². The molecule has 2 aromatic carbocycles. The standard InChI is InChI=1S/C28H28ClN5O2S/c29-25-17-26(34-13-11-33(12-14-34)19-21-6-2-1-3-7-21)32-28(31-25)37-20-22-8-4-9-23(16-22)27(35)30-18-24-10-5-15-36-24/h1-10,15-17H,11-14,18-20H2,(H,30,35). The van der Waals surface area contributed by atoms with Gasteiger partial charge in [0.15, 0.2) is 5.16 Å². The fourth-order valence-corrected chi connectivity index (χ4v) is 5.25. The minimum Gasteiger partial charge on any atom is -0.467 e. The summed E-state index contributed by atoms with van der Waals surface area (Å²) in [6, 6.07) is 23.6. The lowest BCUT2D eigenvalue weighted by Gasteiger charge is -2.35. The van der Waals surface area contributed by atoms with Gasteiger partial charge in [0, 0.05) is 50.1 Å². The second kappa shape index (κ2) is 12.3. The SMILES string of the molecule is O=C(NCc1ccco1)c1cccc(CSc2nc(Cl)cc(N3CCN(Cc4ccccc4)CC3)n2)c1. The van der Waals surface area contributed by atoms with Crippen molar-refractivity contribution >= 4 is 35.1 Å². The molecular formula is C28H28ClN5O2S. The van der Waals surface area contributed by atoms with Crippen molar-refractivity contribution < 1.29 is 9.21 Å². The van der Waals surface area contributed by atoms with Crippen molar-refractivity contribution in [2.75, 3.05) is 31.1 Å². The van der Waals surface area contributed by atoms with Crippen LogP contribution >= 0.6 is 23.4 Å². The first-order valence-electron chi connectivity index (χ1n) is 12.2. The van der Waals surface area contributed by atoms with Crippen molar-refractivity contribution in [2.24, 2.45) is 0 Å². The average molecular weight is 534 g/mol. The number of carbonyl (C=O) groups excluding carboxylic acids is 1. The van der Waals surface area contributed by atoms with Crippen LogP contribution in [0.25, 0.3) is 0 Å². The van der Waals surface area contributed by atoms with Gasteiger partial charge in [-0.1, -0.05) is 65.8 Å². The Labute approximate surface area is 225 Å². The summed E-state index contributed by atoms with van der Waals surface area (Å²) in [7, 11) is 0. The third kappa shape index (κ3) is 7.13. The lowest BCUT2D eigenvalue weighted by atomic mass is 10.1. The van der Waals surface area contributed by atoms with Crippen LogP contribution in [-0.2, 0) is 18.8 Å². The van der Waals surface area contributed by atoms with Gasteiger partial charge in [0.1, 0.15) is 16.7 Å². The number of hydrogen-bond donors (Lipinski definition) is 1. The number of furan rings is 1. The molecule has 37 heavy (non-hydrogen) atoms. The second-order valence-electron chi connectivity index (χ2n) is 8.83. The quantitative estimate of drug-likeness (QED) is 0.178. The zero-order chi connectivity index (χ0) is 25.5. The summed E-state index contributed by atoms with van der Waals surface area (Å²) in [5.41, 5.74) is 2.94. The summed E-state index contributed by atoms with van der Waals surface area (Å²) in [6.45, 7) is 5.02. The monoisotopic (exact) mass is 533 g/mol. The third-order valence-electron chi connectivity index (χ3n) is 6.17. The zero-order valence-corrected chi connectivity index (χ0v) is 21.9. The van der Waals surface area contributed by atoms with Gasteiger partial charge in [-0.05, 0) is 35.4 Å². The van der Waals surface area contributed by atoms with Gasteiger partial charge in [-0.15, -0.1) is 0 Å². The number of nitrogens with zero attached hydrogens (tertiary/aromatic N) is 4. The summed E-state index contributed by atoms with van der Waals surface area (Å²) in [5.74, 6) is 2.06. The molecule has 1 saturated heterocycles. The van der Waals surface area contributed by atoms with Crippen molar-refractivity contribution in [3.8, 4) is 0 Å². The molecule has 5 rings (SSSR count). The number of thioether (sulfide) groups is 1. The van der Waals surface area contributed by atoms with Crippen molar-refractivity contribution in [3.05, 3.63) is 107 Å². The van der Waals surface area contributed by atoms with Gasteiger partial charge >= 0.3 is 0 Å². The minimum atomic E-state index is -0.143. The number of halogens is 1. The maximum atomic E-state index is 12.5. The van der Waals surface area contributed by atoms with Crippen LogP contribution in [0, 0.1) is 0 Å². The zero-order valence-electron chi connectivity index (χ0n) is 20.3. The molecule has 7 nitrogen and oxygen atoms in total. The van der Waals surface area contributed by atoms with Gasteiger partial charge in [0.25, 0.3) is 5.91 Å². The average Bonchev–Trinajstić information content (AvgIpc) is 3.45. The minimum absolute atomic E-state index is 0.143. The molecule has 1 aliphatic heterocycles. The molecule has 1 N–H and O–H groups in total. The molecule has 0 atom stereocenters. The predicted octanol–water partition coefficient (Wildman–Crippen LogP) is 5.27. The lowest BCUT2D eigenvalue weighted by Crippen LogP contribution is -2.46. The van der Waals surface area contributed by atoms with Crippen molar-refractivity contribution in [3.63, 3.8) is 0 Å². The highest BCUT2D eigenvalue weighted by Crippen LogP contribution is 2.26. The highest BCUT2D eigenvalue weighted by atomic mass is 35.5. The van der Waals surface area contributed by atoms with Gasteiger partial charge < -0.3 is 14.6 Å². The number of carbonyl (C=O) groups is 1. The van der Waals surface area contributed by atoms with E-state index in [0.717, 1.165) is 44.1 Å². The van der Waals surface area contributed by atoms with E-state index >= 15 is 0 Å².